The van der Waals surface area contributed by atoms with Crippen LogP contribution in [0.4, 0.5) is 0 Å². The molecular formula is C17H21N7O3. The largest absolute Gasteiger partial charge is 0.368 e. The molecule has 1 N–H and O–H groups in total. The summed E-state index contributed by atoms with van der Waals surface area (Å²) in [6, 6.07) is 1.74. The van der Waals surface area contributed by atoms with E-state index >= 15 is 0 Å². The molecule has 1 aliphatic rings. The molecule has 1 aliphatic heterocycles. The fourth-order valence-corrected chi connectivity index (χ4v) is 3.01. The van der Waals surface area contributed by atoms with Crippen LogP contribution in [0, 0.1) is 0 Å². The van der Waals surface area contributed by atoms with Crippen molar-refractivity contribution in [1.82, 2.24) is 35.0 Å². The number of nitrogens with one attached hydrogen (secondary N) is 1. The van der Waals surface area contributed by atoms with Crippen LogP contribution in [0.15, 0.2) is 16.9 Å². The summed E-state index contributed by atoms with van der Waals surface area (Å²) in [6.07, 6.45) is 3.69. The van der Waals surface area contributed by atoms with E-state index < -0.39 is 0 Å². The molecule has 27 heavy (non-hydrogen) atoms. The first-order chi connectivity index (χ1) is 13.1. The van der Waals surface area contributed by atoms with Gasteiger partial charge < -0.3 is 14.6 Å². The summed E-state index contributed by atoms with van der Waals surface area (Å²) in [4.78, 5) is 25.2. The first kappa shape index (κ1) is 17.5. The van der Waals surface area contributed by atoms with Gasteiger partial charge in [0, 0.05) is 19.6 Å². The lowest BCUT2D eigenvalue weighted by Gasteiger charge is -2.10. The molecule has 0 saturated carbocycles. The Morgan fingerprint density at radius 3 is 3.07 bits per heavy atom. The summed E-state index contributed by atoms with van der Waals surface area (Å²) in [5, 5.41) is 10.9. The highest BCUT2D eigenvalue weighted by molar-refractivity contribution is 5.92. The summed E-state index contributed by atoms with van der Waals surface area (Å²) in [6.45, 7) is 5.15. The molecule has 0 aliphatic carbocycles. The molecule has 142 valence electrons. The molecule has 4 rings (SSSR count). The van der Waals surface area contributed by atoms with Crippen molar-refractivity contribution >= 4 is 11.7 Å². The van der Waals surface area contributed by atoms with Gasteiger partial charge in [-0.15, -0.1) is 0 Å². The second kappa shape index (κ2) is 7.39. The number of carbonyl (C=O) groups is 1. The molecule has 1 saturated heterocycles. The molecule has 0 spiro atoms. The molecule has 10 heteroatoms. The number of rotatable bonds is 6. The van der Waals surface area contributed by atoms with Crippen molar-refractivity contribution in [2.75, 3.05) is 13.2 Å². The Hall–Kier alpha value is -2.88. The Kier molecular flexibility index (Phi) is 4.80. The molecule has 3 aromatic rings. The lowest BCUT2D eigenvalue weighted by atomic mass is 10.1. The summed E-state index contributed by atoms with van der Waals surface area (Å²) in [7, 11) is 0. The van der Waals surface area contributed by atoms with E-state index in [1.165, 1.54) is 6.33 Å². The molecule has 4 heterocycles. The van der Waals surface area contributed by atoms with E-state index in [0.29, 0.717) is 36.2 Å². The van der Waals surface area contributed by atoms with Gasteiger partial charge in [0.05, 0.1) is 5.69 Å². The molecule has 10 nitrogen and oxygen atoms in total. The molecule has 1 amide bonds. The second-order valence-electron chi connectivity index (χ2n) is 6.75. The molecule has 0 aromatic carbocycles. The van der Waals surface area contributed by atoms with Crippen LogP contribution >= 0.6 is 0 Å². The average Bonchev–Trinajstić information content (AvgIpc) is 3.40. The third-order valence-corrected chi connectivity index (χ3v) is 4.43. The lowest BCUT2D eigenvalue weighted by Crippen LogP contribution is -2.27. The molecule has 0 unspecified atom stereocenters. The van der Waals surface area contributed by atoms with Crippen LogP contribution < -0.4 is 5.32 Å². The van der Waals surface area contributed by atoms with Gasteiger partial charge in [-0.25, -0.2) is 9.50 Å². The highest BCUT2D eigenvalue weighted by Crippen LogP contribution is 2.26. The standard InChI is InChI=1S/C17H21N7O3/c1-10(2)12-8-11(21-17-19-9-20-24(12)17)15(25)18-6-5-14-22-16(27-23-14)13-4-3-7-26-13/h8-10,13H,3-7H2,1-2H3,(H,18,25)/t13-/m0/s1. The van der Waals surface area contributed by atoms with Crippen LogP contribution in [0.2, 0.25) is 0 Å². The van der Waals surface area contributed by atoms with Gasteiger partial charge >= 0.3 is 0 Å². The van der Waals surface area contributed by atoms with Crippen molar-refractivity contribution in [3.05, 3.63) is 35.5 Å². The van der Waals surface area contributed by atoms with E-state index in [1.54, 1.807) is 10.6 Å². The Morgan fingerprint density at radius 1 is 1.41 bits per heavy atom. The predicted molar refractivity (Wildman–Crippen MR) is 93.1 cm³/mol. The maximum Gasteiger partial charge on any atom is 0.270 e. The minimum absolute atomic E-state index is 0.102. The molecular weight excluding hydrogens is 350 g/mol. The van der Waals surface area contributed by atoms with Gasteiger partial charge in [0.15, 0.2) is 5.82 Å². The van der Waals surface area contributed by atoms with E-state index in [4.69, 9.17) is 9.26 Å². The van der Waals surface area contributed by atoms with Crippen LogP contribution in [0.25, 0.3) is 5.78 Å². The van der Waals surface area contributed by atoms with Crippen LogP contribution in [0.3, 0.4) is 0 Å². The average molecular weight is 371 g/mol. The third kappa shape index (κ3) is 3.65. The number of ether oxygens (including phenoxy) is 1. The first-order valence-electron chi connectivity index (χ1n) is 9.05. The maximum absolute atomic E-state index is 12.5. The Bertz CT molecular complexity index is 943. The zero-order chi connectivity index (χ0) is 18.8. The van der Waals surface area contributed by atoms with Gasteiger partial charge in [-0.2, -0.15) is 15.1 Å². The number of nitrogens with zero attached hydrogens (tertiary/aromatic N) is 6. The van der Waals surface area contributed by atoms with Gasteiger partial charge in [-0.3, -0.25) is 4.79 Å². The first-order valence-corrected chi connectivity index (χ1v) is 9.05. The second-order valence-corrected chi connectivity index (χ2v) is 6.75. The van der Waals surface area contributed by atoms with E-state index in [0.717, 1.165) is 25.1 Å². The van der Waals surface area contributed by atoms with Crippen LogP contribution in [0.5, 0.6) is 0 Å². The fraction of sp³-hybridized carbons (Fsp3) is 0.529. The van der Waals surface area contributed by atoms with Crippen molar-refractivity contribution in [3.63, 3.8) is 0 Å². The quantitative estimate of drug-likeness (QED) is 0.691. The molecule has 1 fully saturated rings. The summed E-state index contributed by atoms with van der Waals surface area (Å²) in [5.74, 6) is 1.37. The number of hydrogen-bond donors (Lipinski definition) is 1. The lowest BCUT2D eigenvalue weighted by molar-refractivity contribution is 0.0835. The van der Waals surface area contributed by atoms with Crippen molar-refractivity contribution < 1.29 is 14.1 Å². The van der Waals surface area contributed by atoms with Gasteiger partial charge in [-0.05, 0) is 24.8 Å². The fourth-order valence-electron chi connectivity index (χ4n) is 3.01. The van der Waals surface area contributed by atoms with E-state index in [2.05, 4.69) is 30.5 Å². The van der Waals surface area contributed by atoms with Crippen molar-refractivity contribution in [3.8, 4) is 0 Å². The normalized spacial score (nSPS) is 17.1. The van der Waals surface area contributed by atoms with E-state index in [1.807, 2.05) is 13.8 Å². The molecule has 0 radical (unpaired) electrons. The molecule has 0 bridgehead atoms. The number of amides is 1. The van der Waals surface area contributed by atoms with Crippen molar-refractivity contribution in [1.29, 1.82) is 0 Å². The van der Waals surface area contributed by atoms with Crippen LogP contribution in [-0.2, 0) is 11.2 Å². The number of aromatic nitrogens is 6. The van der Waals surface area contributed by atoms with Gasteiger partial charge in [0.25, 0.3) is 17.6 Å². The van der Waals surface area contributed by atoms with Crippen molar-refractivity contribution in [2.24, 2.45) is 0 Å². The Labute approximate surface area is 155 Å². The van der Waals surface area contributed by atoms with Gasteiger partial charge in [-0.1, -0.05) is 19.0 Å². The molecule has 1 atom stereocenters. The maximum atomic E-state index is 12.5. The highest BCUT2D eigenvalue weighted by Gasteiger charge is 2.23. The minimum Gasteiger partial charge on any atom is -0.368 e. The van der Waals surface area contributed by atoms with Gasteiger partial charge in [0.2, 0.25) is 0 Å². The summed E-state index contributed by atoms with van der Waals surface area (Å²) in [5.41, 5.74) is 1.19. The predicted octanol–water partition coefficient (Wildman–Crippen LogP) is 1.45. The highest BCUT2D eigenvalue weighted by atomic mass is 16.5. The Balaban J connectivity index is 1.39. The zero-order valence-electron chi connectivity index (χ0n) is 15.3. The monoisotopic (exact) mass is 371 g/mol. The molecule has 3 aromatic heterocycles. The smallest absolute Gasteiger partial charge is 0.270 e. The van der Waals surface area contributed by atoms with E-state index in [-0.39, 0.29) is 17.9 Å². The minimum atomic E-state index is -0.273. The van der Waals surface area contributed by atoms with E-state index in [9.17, 15) is 4.79 Å². The zero-order valence-corrected chi connectivity index (χ0v) is 15.3. The summed E-state index contributed by atoms with van der Waals surface area (Å²) >= 11 is 0. The summed E-state index contributed by atoms with van der Waals surface area (Å²) < 4.78 is 12.4. The van der Waals surface area contributed by atoms with Crippen LogP contribution in [-0.4, -0.2) is 48.8 Å². The van der Waals surface area contributed by atoms with Crippen molar-refractivity contribution in [2.45, 2.75) is 45.1 Å². The number of hydrogen-bond acceptors (Lipinski definition) is 8. The number of fused-ring (bicyclic) bond motifs is 1. The Morgan fingerprint density at radius 2 is 2.30 bits per heavy atom. The number of carbonyl (C=O) groups excluding carboxylic acids is 1. The third-order valence-electron chi connectivity index (χ3n) is 4.43. The topological polar surface area (TPSA) is 120 Å². The van der Waals surface area contributed by atoms with Crippen LogP contribution in [0.1, 0.15) is 66.6 Å². The SMILES string of the molecule is CC(C)c1cc(C(=O)NCCc2noc([C@@H]3CCCO3)n2)nc2ncnn12. The van der Waals surface area contributed by atoms with Gasteiger partial charge in [0.1, 0.15) is 18.1 Å².